The molecule has 164 valence electrons. The van der Waals surface area contributed by atoms with E-state index in [0.717, 1.165) is 11.5 Å². The third kappa shape index (κ3) is 5.44. The SMILES string of the molecule is Cc1ccc(CSCCNC(=O)[C@H]2CCCN(S(=O)(=O)c3c(C)noc3C)C2)cc1. The molecule has 3 rings (SSSR count). The van der Waals surface area contributed by atoms with E-state index in [1.807, 2.05) is 0 Å². The second-order valence-electron chi connectivity index (χ2n) is 7.68. The summed E-state index contributed by atoms with van der Waals surface area (Å²) < 4.78 is 32.4. The van der Waals surface area contributed by atoms with E-state index >= 15 is 0 Å². The average molecular weight is 452 g/mol. The predicted molar refractivity (Wildman–Crippen MR) is 118 cm³/mol. The van der Waals surface area contributed by atoms with Crippen LogP contribution in [0.2, 0.25) is 0 Å². The fourth-order valence-corrected chi connectivity index (χ4v) is 6.25. The number of carbonyl (C=O) groups excluding carboxylic acids is 1. The van der Waals surface area contributed by atoms with E-state index in [-0.39, 0.29) is 29.0 Å². The summed E-state index contributed by atoms with van der Waals surface area (Å²) in [5.74, 6) is 1.58. The Labute approximate surface area is 182 Å². The molecule has 9 heteroatoms. The van der Waals surface area contributed by atoms with E-state index in [0.29, 0.717) is 31.6 Å². The summed E-state index contributed by atoms with van der Waals surface area (Å²) in [7, 11) is -3.72. The molecule has 1 fully saturated rings. The van der Waals surface area contributed by atoms with Crippen molar-refractivity contribution in [2.24, 2.45) is 5.92 Å². The zero-order valence-corrected chi connectivity index (χ0v) is 19.3. The Morgan fingerprint density at radius 1 is 1.27 bits per heavy atom. The van der Waals surface area contributed by atoms with Gasteiger partial charge in [0.05, 0.1) is 5.92 Å². The first-order valence-corrected chi connectivity index (χ1v) is 12.7. The Bertz CT molecular complexity index is 951. The molecule has 1 aliphatic rings. The summed E-state index contributed by atoms with van der Waals surface area (Å²) in [6.07, 6.45) is 1.35. The number of rotatable bonds is 8. The molecule has 0 saturated carbocycles. The normalized spacial score (nSPS) is 17.8. The summed E-state index contributed by atoms with van der Waals surface area (Å²) in [5.41, 5.74) is 2.86. The van der Waals surface area contributed by atoms with Crippen LogP contribution < -0.4 is 5.32 Å². The first-order valence-electron chi connectivity index (χ1n) is 10.1. The number of benzene rings is 1. The highest BCUT2D eigenvalue weighted by atomic mass is 32.2. The Morgan fingerprint density at radius 2 is 2.00 bits per heavy atom. The molecule has 30 heavy (non-hydrogen) atoms. The molecule has 1 atom stereocenters. The van der Waals surface area contributed by atoms with Crippen LogP contribution in [0.5, 0.6) is 0 Å². The highest BCUT2D eigenvalue weighted by Gasteiger charge is 2.36. The van der Waals surface area contributed by atoms with Gasteiger partial charge in [-0.25, -0.2) is 8.42 Å². The minimum absolute atomic E-state index is 0.0791. The third-order valence-electron chi connectivity index (χ3n) is 5.26. The van der Waals surface area contributed by atoms with Crippen LogP contribution in [0.4, 0.5) is 0 Å². The molecule has 0 radical (unpaired) electrons. The Hall–Kier alpha value is -1.84. The van der Waals surface area contributed by atoms with Crippen molar-refractivity contribution in [3.8, 4) is 0 Å². The van der Waals surface area contributed by atoms with Crippen molar-refractivity contribution in [3.63, 3.8) is 0 Å². The molecule has 1 saturated heterocycles. The van der Waals surface area contributed by atoms with Gasteiger partial charge in [0.25, 0.3) is 0 Å². The van der Waals surface area contributed by atoms with Gasteiger partial charge in [0, 0.05) is 31.1 Å². The number of nitrogens with zero attached hydrogens (tertiary/aromatic N) is 2. The van der Waals surface area contributed by atoms with Crippen LogP contribution in [0.15, 0.2) is 33.7 Å². The minimum Gasteiger partial charge on any atom is -0.360 e. The summed E-state index contributed by atoms with van der Waals surface area (Å²) in [6.45, 7) is 6.44. The van der Waals surface area contributed by atoms with Crippen molar-refractivity contribution in [1.82, 2.24) is 14.8 Å². The average Bonchev–Trinajstić information content (AvgIpc) is 3.08. The topological polar surface area (TPSA) is 92.5 Å². The zero-order chi connectivity index (χ0) is 21.7. The molecular formula is C21H29N3O4S2. The number of aryl methyl sites for hydroxylation is 3. The van der Waals surface area contributed by atoms with Crippen LogP contribution in [0.3, 0.4) is 0 Å². The van der Waals surface area contributed by atoms with Gasteiger partial charge in [-0.2, -0.15) is 16.1 Å². The number of aromatic nitrogens is 1. The van der Waals surface area contributed by atoms with E-state index in [1.165, 1.54) is 15.4 Å². The molecule has 1 aromatic heterocycles. The second kappa shape index (κ2) is 9.98. The molecule has 7 nitrogen and oxygen atoms in total. The smallest absolute Gasteiger partial charge is 0.248 e. The Morgan fingerprint density at radius 3 is 2.67 bits per heavy atom. The van der Waals surface area contributed by atoms with Crippen LogP contribution in [-0.4, -0.2) is 49.2 Å². The first-order chi connectivity index (χ1) is 14.3. The van der Waals surface area contributed by atoms with Gasteiger partial charge >= 0.3 is 0 Å². The number of amides is 1. The third-order valence-corrected chi connectivity index (χ3v) is 8.40. The zero-order valence-electron chi connectivity index (χ0n) is 17.7. The van der Waals surface area contributed by atoms with Crippen molar-refractivity contribution in [2.45, 2.75) is 44.3 Å². The molecule has 0 bridgehead atoms. The van der Waals surface area contributed by atoms with Crippen molar-refractivity contribution in [2.75, 3.05) is 25.4 Å². The highest BCUT2D eigenvalue weighted by Crippen LogP contribution is 2.27. The number of thioether (sulfide) groups is 1. The molecule has 0 unspecified atom stereocenters. The van der Waals surface area contributed by atoms with Crippen LogP contribution >= 0.6 is 11.8 Å². The molecule has 1 N–H and O–H groups in total. The lowest BCUT2D eigenvalue weighted by atomic mass is 9.99. The minimum atomic E-state index is -3.72. The van der Waals surface area contributed by atoms with Gasteiger partial charge in [-0.15, -0.1) is 0 Å². The Kier molecular flexibility index (Phi) is 7.60. The van der Waals surface area contributed by atoms with Crippen molar-refractivity contribution in [1.29, 1.82) is 0 Å². The van der Waals surface area contributed by atoms with E-state index in [9.17, 15) is 13.2 Å². The lowest BCUT2D eigenvalue weighted by Crippen LogP contribution is -2.45. The molecule has 0 spiro atoms. The van der Waals surface area contributed by atoms with Crippen molar-refractivity contribution >= 4 is 27.7 Å². The van der Waals surface area contributed by atoms with Gasteiger partial charge in [0.1, 0.15) is 10.6 Å². The maximum Gasteiger partial charge on any atom is 0.248 e. The van der Waals surface area contributed by atoms with Gasteiger partial charge in [-0.1, -0.05) is 35.0 Å². The molecule has 1 amide bonds. The van der Waals surface area contributed by atoms with E-state index < -0.39 is 10.0 Å². The molecule has 1 aromatic carbocycles. The van der Waals surface area contributed by atoms with E-state index in [4.69, 9.17) is 4.52 Å². The molecule has 2 heterocycles. The van der Waals surface area contributed by atoms with Crippen LogP contribution in [-0.2, 0) is 20.6 Å². The quantitative estimate of drug-likeness (QED) is 0.620. The number of carbonyl (C=O) groups is 1. The maximum atomic E-state index is 13.0. The standard InChI is InChI=1S/C21H29N3O4S2/c1-15-6-8-18(9-7-15)14-29-12-10-22-21(25)19-5-4-11-24(13-19)30(26,27)20-16(2)23-28-17(20)3/h6-9,19H,4-5,10-14H2,1-3H3,(H,22,25)/t19-/m0/s1. The monoisotopic (exact) mass is 451 g/mol. The summed E-state index contributed by atoms with van der Waals surface area (Å²) in [4.78, 5) is 12.7. The van der Waals surface area contributed by atoms with Crippen molar-refractivity contribution < 1.29 is 17.7 Å². The van der Waals surface area contributed by atoms with Crippen LogP contribution in [0, 0.1) is 26.7 Å². The van der Waals surface area contributed by atoms with Gasteiger partial charge in [0.2, 0.25) is 15.9 Å². The second-order valence-corrected chi connectivity index (χ2v) is 10.7. The lowest BCUT2D eigenvalue weighted by molar-refractivity contribution is -0.125. The number of nitrogens with one attached hydrogen (secondary N) is 1. The highest BCUT2D eigenvalue weighted by molar-refractivity contribution is 7.98. The first kappa shape index (κ1) is 22.8. The van der Waals surface area contributed by atoms with Gasteiger partial charge in [0.15, 0.2) is 5.76 Å². The van der Waals surface area contributed by atoms with Gasteiger partial charge < -0.3 is 9.84 Å². The Balaban J connectivity index is 1.48. The molecular weight excluding hydrogens is 422 g/mol. The largest absolute Gasteiger partial charge is 0.360 e. The molecule has 2 aromatic rings. The fraction of sp³-hybridized carbons (Fsp3) is 0.524. The van der Waals surface area contributed by atoms with Gasteiger partial charge in [-0.3, -0.25) is 4.79 Å². The van der Waals surface area contributed by atoms with Gasteiger partial charge in [-0.05, 0) is 39.2 Å². The lowest BCUT2D eigenvalue weighted by Gasteiger charge is -2.31. The maximum absolute atomic E-state index is 13.0. The number of hydrogen-bond acceptors (Lipinski definition) is 6. The summed E-state index contributed by atoms with van der Waals surface area (Å²) in [6, 6.07) is 8.44. The van der Waals surface area contributed by atoms with Crippen LogP contribution in [0.25, 0.3) is 0 Å². The van der Waals surface area contributed by atoms with E-state index in [1.54, 1.807) is 25.6 Å². The number of hydrogen-bond donors (Lipinski definition) is 1. The predicted octanol–water partition coefficient (Wildman–Crippen LogP) is 3.05. The van der Waals surface area contributed by atoms with Crippen molar-refractivity contribution in [3.05, 3.63) is 46.8 Å². The summed E-state index contributed by atoms with van der Waals surface area (Å²) in [5, 5.41) is 6.72. The van der Waals surface area contributed by atoms with Crippen LogP contribution in [0.1, 0.15) is 35.4 Å². The number of sulfonamides is 1. The molecule has 1 aliphatic heterocycles. The fourth-order valence-electron chi connectivity index (χ4n) is 3.61. The van der Waals surface area contributed by atoms with E-state index in [2.05, 4.69) is 41.7 Å². The summed E-state index contributed by atoms with van der Waals surface area (Å²) >= 11 is 1.77. The number of piperidine rings is 1. The molecule has 0 aliphatic carbocycles.